The van der Waals surface area contributed by atoms with Gasteiger partial charge in [0.2, 0.25) is 0 Å². The summed E-state index contributed by atoms with van der Waals surface area (Å²) >= 11 is 0. The Hall–Kier alpha value is -3.14. The molecule has 1 aromatic rings. The maximum Gasteiger partial charge on any atom is 0.508 e. The maximum atomic E-state index is 12.7. The number of benzene rings is 1. The summed E-state index contributed by atoms with van der Waals surface area (Å²) in [6.07, 6.45) is 8.16. The van der Waals surface area contributed by atoms with Gasteiger partial charge in [0, 0.05) is 12.8 Å². The van der Waals surface area contributed by atoms with Crippen molar-refractivity contribution in [2.45, 2.75) is 142 Å². The van der Waals surface area contributed by atoms with E-state index < -0.39 is 42.3 Å². The summed E-state index contributed by atoms with van der Waals surface area (Å²) in [6, 6.07) is 3.71. The molecule has 236 valence electrons. The van der Waals surface area contributed by atoms with Crippen LogP contribution in [0.3, 0.4) is 0 Å². The fourth-order valence-corrected chi connectivity index (χ4v) is 4.53. The van der Waals surface area contributed by atoms with Crippen molar-refractivity contribution in [2.24, 2.45) is 5.73 Å². The standard InChI is InChI=1S/C32H49NO9/c1-5-7-10-16-29(34)41-27-19-18-24(21-28(27)42-30(35)17-11-8-6-2)20-26(33)31(36)38-22(3)23(4)39-32(37)40-25-14-12-9-13-15-25/h18-19,21-23,25-26H,5-17,20,33H2,1-4H3/t22-,23?,26-/m0/s1. The largest absolute Gasteiger partial charge is 0.508 e. The highest BCUT2D eigenvalue weighted by molar-refractivity contribution is 5.77. The van der Waals surface area contributed by atoms with Gasteiger partial charge in [0.15, 0.2) is 11.5 Å². The van der Waals surface area contributed by atoms with E-state index in [0.29, 0.717) is 18.4 Å². The third kappa shape index (κ3) is 13.2. The summed E-state index contributed by atoms with van der Waals surface area (Å²) in [7, 11) is 0. The average Bonchev–Trinajstić information content (AvgIpc) is 2.95. The van der Waals surface area contributed by atoms with Crippen molar-refractivity contribution in [2.75, 3.05) is 0 Å². The van der Waals surface area contributed by atoms with Crippen LogP contribution in [0, 0.1) is 0 Å². The minimum absolute atomic E-state index is 0.0790. The van der Waals surface area contributed by atoms with Gasteiger partial charge in [-0.15, -0.1) is 0 Å². The first-order valence-corrected chi connectivity index (χ1v) is 15.5. The van der Waals surface area contributed by atoms with E-state index in [0.717, 1.165) is 57.8 Å². The van der Waals surface area contributed by atoms with E-state index in [-0.39, 0.29) is 36.9 Å². The molecule has 1 unspecified atom stereocenters. The molecule has 0 aliphatic heterocycles. The molecule has 2 rings (SSSR count). The lowest BCUT2D eigenvalue weighted by atomic mass is 9.98. The smallest absolute Gasteiger partial charge is 0.458 e. The van der Waals surface area contributed by atoms with Crippen molar-refractivity contribution in [1.29, 1.82) is 0 Å². The topological polar surface area (TPSA) is 140 Å². The van der Waals surface area contributed by atoms with E-state index in [2.05, 4.69) is 0 Å². The summed E-state index contributed by atoms with van der Waals surface area (Å²) < 4.78 is 27.2. The van der Waals surface area contributed by atoms with E-state index >= 15 is 0 Å². The molecule has 1 aromatic carbocycles. The van der Waals surface area contributed by atoms with E-state index in [1.54, 1.807) is 26.0 Å². The lowest BCUT2D eigenvalue weighted by Gasteiger charge is -2.25. The van der Waals surface area contributed by atoms with Crippen LogP contribution in [0.5, 0.6) is 11.5 Å². The molecule has 42 heavy (non-hydrogen) atoms. The Labute approximate surface area is 249 Å². The maximum absolute atomic E-state index is 12.7. The molecule has 0 heterocycles. The minimum Gasteiger partial charge on any atom is -0.458 e. The van der Waals surface area contributed by atoms with Crippen molar-refractivity contribution < 1.29 is 42.9 Å². The van der Waals surface area contributed by atoms with Crippen molar-refractivity contribution in [3.05, 3.63) is 23.8 Å². The summed E-state index contributed by atoms with van der Waals surface area (Å²) in [5.41, 5.74) is 6.73. The van der Waals surface area contributed by atoms with E-state index in [9.17, 15) is 19.2 Å². The van der Waals surface area contributed by atoms with Crippen molar-refractivity contribution in [1.82, 2.24) is 0 Å². The van der Waals surface area contributed by atoms with Crippen LogP contribution < -0.4 is 15.2 Å². The molecule has 1 aliphatic carbocycles. The molecular weight excluding hydrogens is 542 g/mol. The summed E-state index contributed by atoms with van der Waals surface area (Å²) in [6.45, 7) is 7.32. The van der Waals surface area contributed by atoms with Crippen LogP contribution in [0.4, 0.5) is 4.79 Å². The number of carbonyl (C=O) groups is 4. The number of carbonyl (C=O) groups excluding carboxylic acids is 4. The number of unbranched alkanes of at least 4 members (excludes halogenated alkanes) is 4. The molecule has 0 saturated heterocycles. The predicted octanol–water partition coefficient (Wildman–Crippen LogP) is 6.33. The average molecular weight is 592 g/mol. The number of rotatable bonds is 17. The Morgan fingerprint density at radius 1 is 0.810 bits per heavy atom. The van der Waals surface area contributed by atoms with Crippen LogP contribution in [-0.2, 0) is 35.0 Å². The molecule has 0 radical (unpaired) electrons. The fraction of sp³-hybridized carbons (Fsp3) is 0.688. The number of ether oxygens (including phenoxy) is 5. The number of esters is 3. The highest BCUT2D eigenvalue weighted by atomic mass is 16.7. The van der Waals surface area contributed by atoms with Crippen LogP contribution in [0.25, 0.3) is 0 Å². The van der Waals surface area contributed by atoms with E-state index in [1.165, 1.54) is 6.07 Å². The van der Waals surface area contributed by atoms with Crippen LogP contribution in [0.1, 0.15) is 117 Å². The molecule has 1 aliphatic rings. The molecular formula is C32H49NO9. The first-order chi connectivity index (χ1) is 20.1. The van der Waals surface area contributed by atoms with Crippen molar-refractivity contribution in [3.63, 3.8) is 0 Å². The van der Waals surface area contributed by atoms with Gasteiger partial charge in [0.25, 0.3) is 0 Å². The molecule has 10 nitrogen and oxygen atoms in total. The SMILES string of the molecule is CCCCCC(=O)Oc1ccc(C[C@H](N)C(=O)O[C@@H](C)C(C)OC(=O)OC2CCCCC2)cc1OC(=O)CCCCC. The van der Waals surface area contributed by atoms with E-state index in [1.807, 2.05) is 13.8 Å². The van der Waals surface area contributed by atoms with Crippen LogP contribution in [0.15, 0.2) is 18.2 Å². The van der Waals surface area contributed by atoms with Gasteiger partial charge in [-0.1, -0.05) is 52.0 Å². The Morgan fingerprint density at radius 3 is 1.98 bits per heavy atom. The highest BCUT2D eigenvalue weighted by Crippen LogP contribution is 2.30. The zero-order valence-corrected chi connectivity index (χ0v) is 25.7. The zero-order valence-electron chi connectivity index (χ0n) is 25.7. The molecule has 0 bridgehead atoms. The van der Waals surface area contributed by atoms with Gasteiger partial charge in [0.1, 0.15) is 24.4 Å². The highest BCUT2D eigenvalue weighted by Gasteiger charge is 2.27. The number of hydrogen-bond donors (Lipinski definition) is 1. The minimum atomic E-state index is -1.04. The lowest BCUT2D eigenvalue weighted by Crippen LogP contribution is -2.39. The van der Waals surface area contributed by atoms with Crippen molar-refractivity contribution in [3.8, 4) is 11.5 Å². The molecule has 0 spiro atoms. The molecule has 2 N–H and O–H groups in total. The Balaban J connectivity index is 1.97. The monoisotopic (exact) mass is 591 g/mol. The molecule has 0 aromatic heterocycles. The van der Waals surface area contributed by atoms with Gasteiger partial charge in [-0.05, 0) is 76.5 Å². The summed E-state index contributed by atoms with van der Waals surface area (Å²) in [5, 5.41) is 0. The number of nitrogens with two attached hydrogens (primary N) is 1. The summed E-state index contributed by atoms with van der Waals surface area (Å²) in [5.74, 6) is -1.28. The molecule has 1 saturated carbocycles. The first kappa shape index (κ1) is 35.1. The molecule has 10 heteroatoms. The quantitative estimate of drug-likeness (QED) is 0.124. The molecule has 0 amide bonds. The van der Waals surface area contributed by atoms with Gasteiger partial charge in [-0.3, -0.25) is 14.4 Å². The second kappa shape index (κ2) is 19.1. The van der Waals surface area contributed by atoms with Crippen molar-refractivity contribution >= 4 is 24.1 Å². The van der Waals surface area contributed by atoms with E-state index in [4.69, 9.17) is 29.4 Å². The van der Waals surface area contributed by atoms with Gasteiger partial charge in [-0.2, -0.15) is 0 Å². The summed E-state index contributed by atoms with van der Waals surface area (Å²) in [4.78, 5) is 49.7. The Bertz CT molecular complexity index is 1010. The van der Waals surface area contributed by atoms with Crippen LogP contribution in [-0.4, -0.2) is 48.4 Å². The molecule has 3 atom stereocenters. The third-order valence-electron chi connectivity index (χ3n) is 7.24. The fourth-order valence-electron chi connectivity index (χ4n) is 4.53. The third-order valence-corrected chi connectivity index (χ3v) is 7.24. The first-order valence-electron chi connectivity index (χ1n) is 15.5. The van der Waals surface area contributed by atoms with Gasteiger partial charge < -0.3 is 29.4 Å². The zero-order chi connectivity index (χ0) is 30.9. The van der Waals surface area contributed by atoms with Gasteiger partial charge in [0.05, 0.1) is 0 Å². The van der Waals surface area contributed by atoms with Crippen LogP contribution >= 0.6 is 0 Å². The molecule has 1 fully saturated rings. The second-order valence-electron chi connectivity index (χ2n) is 11.0. The van der Waals surface area contributed by atoms with Crippen LogP contribution in [0.2, 0.25) is 0 Å². The predicted molar refractivity (Wildman–Crippen MR) is 157 cm³/mol. The number of hydrogen-bond acceptors (Lipinski definition) is 10. The second-order valence-corrected chi connectivity index (χ2v) is 11.0. The van der Waals surface area contributed by atoms with Gasteiger partial charge >= 0.3 is 24.1 Å². The Morgan fingerprint density at radius 2 is 1.38 bits per heavy atom. The Kier molecular flexibility index (Phi) is 16.0. The van der Waals surface area contributed by atoms with Gasteiger partial charge in [-0.25, -0.2) is 4.79 Å². The lowest BCUT2D eigenvalue weighted by molar-refractivity contribution is -0.156. The normalized spacial score (nSPS) is 15.6.